The Morgan fingerprint density at radius 2 is 0.733 bits per heavy atom. The molecule has 3 N–H and O–H groups in total. The number of likely N-dealkylation sites (N-methyl/N-ethyl adjacent to an activating group) is 1. The minimum atomic E-state index is -4.36. The molecule has 0 saturated carbocycles. The normalized spacial score (nSPS) is 14.0. The zero-order valence-electron chi connectivity index (χ0n) is 50.8. The highest BCUT2D eigenvalue weighted by Gasteiger charge is 2.28. The maximum Gasteiger partial charge on any atom is 0.472 e. The van der Waals surface area contributed by atoms with Gasteiger partial charge in [-0.05, 0) is 57.8 Å². The Kier molecular flexibility index (Phi) is 56.4. The van der Waals surface area contributed by atoms with Gasteiger partial charge in [0.2, 0.25) is 5.91 Å². The Morgan fingerprint density at radius 3 is 1.07 bits per heavy atom. The minimum absolute atomic E-state index is 0.0576. The van der Waals surface area contributed by atoms with Crippen LogP contribution in [0.2, 0.25) is 0 Å². The molecule has 0 saturated heterocycles. The maximum absolute atomic E-state index is 13.0. The van der Waals surface area contributed by atoms with Gasteiger partial charge in [-0.2, -0.15) is 0 Å². The SMILES string of the molecule is CCCCCCCCCC/C=C\CCCCCCCCCCCCCCCCCC(=O)NC(COP(=O)(O)OCC[N+](C)(C)C)C(O)/C=C/CC/C=C/CCCCCCCCCCCCCCCCCCCCCC. The largest absolute Gasteiger partial charge is 0.472 e. The van der Waals surface area contributed by atoms with E-state index >= 15 is 0 Å². The number of carbonyl (C=O) groups excluding carboxylic acids is 1. The summed E-state index contributed by atoms with van der Waals surface area (Å²) in [7, 11) is 1.57. The molecule has 0 aliphatic carbocycles. The summed E-state index contributed by atoms with van der Waals surface area (Å²) < 4.78 is 23.8. The number of phosphoric ester groups is 1. The molecule has 0 aromatic heterocycles. The molecule has 0 rings (SSSR count). The fraction of sp³-hybridized carbons (Fsp3) is 0.894. The van der Waals surface area contributed by atoms with Crippen molar-refractivity contribution in [2.75, 3.05) is 40.9 Å². The second-order valence-corrected chi connectivity index (χ2v) is 25.3. The van der Waals surface area contributed by atoms with Crippen LogP contribution < -0.4 is 5.32 Å². The first kappa shape index (κ1) is 73.7. The summed E-state index contributed by atoms with van der Waals surface area (Å²) in [6, 6.07) is -0.863. The number of carbonyl (C=O) groups is 1. The van der Waals surface area contributed by atoms with E-state index in [-0.39, 0.29) is 19.1 Å². The van der Waals surface area contributed by atoms with E-state index in [2.05, 4.69) is 43.5 Å². The first-order chi connectivity index (χ1) is 36.5. The molecule has 75 heavy (non-hydrogen) atoms. The third kappa shape index (κ3) is 60.2. The Hall–Kier alpha value is -1.28. The van der Waals surface area contributed by atoms with Gasteiger partial charge in [-0.25, -0.2) is 4.57 Å². The van der Waals surface area contributed by atoms with Crippen LogP contribution in [0, 0.1) is 0 Å². The molecule has 3 atom stereocenters. The average molecular weight is 1080 g/mol. The first-order valence-electron chi connectivity index (χ1n) is 32.9. The fourth-order valence-electron chi connectivity index (χ4n) is 9.94. The van der Waals surface area contributed by atoms with Crippen LogP contribution in [0.25, 0.3) is 0 Å². The lowest BCUT2D eigenvalue weighted by molar-refractivity contribution is -0.870. The number of unbranched alkanes of at least 4 members (excludes halogenated alkanes) is 44. The van der Waals surface area contributed by atoms with Gasteiger partial charge in [-0.1, -0.05) is 301 Å². The van der Waals surface area contributed by atoms with Gasteiger partial charge in [-0.15, -0.1) is 0 Å². The second-order valence-electron chi connectivity index (χ2n) is 23.8. The van der Waals surface area contributed by atoms with E-state index < -0.39 is 20.0 Å². The smallest absolute Gasteiger partial charge is 0.387 e. The number of quaternary nitrogens is 1. The van der Waals surface area contributed by atoms with Crippen molar-refractivity contribution in [3.8, 4) is 0 Å². The van der Waals surface area contributed by atoms with Crippen LogP contribution >= 0.6 is 7.82 Å². The molecule has 0 radical (unpaired) electrons. The van der Waals surface area contributed by atoms with Crippen LogP contribution in [0.5, 0.6) is 0 Å². The summed E-state index contributed by atoms with van der Waals surface area (Å²) in [4.78, 5) is 23.4. The maximum atomic E-state index is 13.0. The van der Waals surface area contributed by atoms with Crippen molar-refractivity contribution in [2.45, 2.75) is 341 Å². The van der Waals surface area contributed by atoms with Gasteiger partial charge in [0.1, 0.15) is 13.2 Å². The number of rotatable bonds is 61. The number of hydrogen-bond donors (Lipinski definition) is 3. The van der Waals surface area contributed by atoms with E-state index in [4.69, 9.17) is 9.05 Å². The van der Waals surface area contributed by atoms with Crippen molar-refractivity contribution in [3.05, 3.63) is 36.5 Å². The Labute approximate surface area is 467 Å². The summed E-state index contributed by atoms with van der Waals surface area (Å²) in [5.74, 6) is -0.181. The quantitative estimate of drug-likeness (QED) is 0.0243. The lowest BCUT2D eigenvalue weighted by Gasteiger charge is -2.25. The third-order valence-corrected chi connectivity index (χ3v) is 16.1. The van der Waals surface area contributed by atoms with Gasteiger partial charge < -0.3 is 19.8 Å². The number of amides is 1. The number of nitrogens with one attached hydrogen (secondary N) is 1. The minimum Gasteiger partial charge on any atom is -0.387 e. The van der Waals surface area contributed by atoms with Crippen LogP contribution in [0.1, 0.15) is 328 Å². The fourth-order valence-corrected chi connectivity index (χ4v) is 10.7. The summed E-state index contributed by atoms with van der Waals surface area (Å²) in [6.45, 7) is 4.85. The number of nitrogens with zero attached hydrogens (tertiary/aromatic N) is 1. The molecular weight excluding hydrogens is 948 g/mol. The van der Waals surface area contributed by atoms with Crippen molar-refractivity contribution in [3.63, 3.8) is 0 Å². The molecule has 0 bridgehead atoms. The highest BCUT2D eigenvalue weighted by atomic mass is 31.2. The summed E-state index contributed by atoms with van der Waals surface area (Å²) in [6.07, 6.45) is 75.7. The van der Waals surface area contributed by atoms with Crippen LogP contribution in [0.15, 0.2) is 36.5 Å². The predicted molar refractivity (Wildman–Crippen MR) is 328 cm³/mol. The standard InChI is InChI=1S/C66H129N2O6P/c1-6-8-10-12-14-16-18-20-22-24-26-28-30-32-34-36-38-40-42-44-46-48-50-52-54-56-58-60-66(70)67-64(63-74-75(71,72)73-62-61-68(3,4)5)65(69)59-57-55-53-51-49-47-45-43-41-39-37-35-33-31-29-27-25-23-21-19-17-15-13-11-9-7-2/h24,26,49,51,57,59,64-65,69H,6-23,25,27-48,50,52-56,58,60-63H2,1-5H3,(H-,67,70,71,72)/p+1/b26-24-,51-49+,59-57+. The highest BCUT2D eigenvalue weighted by Crippen LogP contribution is 2.43. The second kappa shape index (κ2) is 57.4. The first-order valence-corrected chi connectivity index (χ1v) is 34.4. The van der Waals surface area contributed by atoms with E-state index in [1.807, 2.05) is 27.2 Å². The third-order valence-electron chi connectivity index (χ3n) is 15.1. The monoisotopic (exact) mass is 1080 g/mol. The van der Waals surface area contributed by atoms with Crippen molar-refractivity contribution >= 4 is 13.7 Å². The molecule has 8 nitrogen and oxygen atoms in total. The number of aliphatic hydroxyl groups excluding tert-OH is 1. The van der Waals surface area contributed by atoms with Crippen molar-refractivity contribution in [2.24, 2.45) is 0 Å². The molecule has 0 aliphatic heterocycles. The molecule has 0 spiro atoms. The predicted octanol–water partition coefficient (Wildman–Crippen LogP) is 20.5. The van der Waals surface area contributed by atoms with Gasteiger partial charge in [0.15, 0.2) is 0 Å². The molecule has 0 aromatic rings. The van der Waals surface area contributed by atoms with E-state index in [1.54, 1.807) is 6.08 Å². The Bertz CT molecular complexity index is 1320. The number of phosphoric acid groups is 1. The Morgan fingerprint density at radius 1 is 0.440 bits per heavy atom. The molecule has 9 heteroatoms. The number of aliphatic hydroxyl groups is 1. The van der Waals surface area contributed by atoms with E-state index in [0.717, 1.165) is 38.5 Å². The van der Waals surface area contributed by atoms with E-state index in [9.17, 15) is 19.4 Å². The summed E-state index contributed by atoms with van der Waals surface area (Å²) in [5, 5.41) is 14.0. The molecule has 0 aromatic carbocycles. The van der Waals surface area contributed by atoms with Crippen molar-refractivity contribution < 1.29 is 32.9 Å². The van der Waals surface area contributed by atoms with Gasteiger partial charge in [0, 0.05) is 6.42 Å². The van der Waals surface area contributed by atoms with Crippen molar-refractivity contribution in [1.29, 1.82) is 0 Å². The summed E-state index contributed by atoms with van der Waals surface area (Å²) >= 11 is 0. The van der Waals surface area contributed by atoms with Crippen molar-refractivity contribution in [1.82, 2.24) is 5.32 Å². The zero-order valence-corrected chi connectivity index (χ0v) is 51.7. The zero-order chi connectivity index (χ0) is 54.9. The van der Waals surface area contributed by atoms with Crippen LogP contribution in [-0.2, 0) is 18.4 Å². The van der Waals surface area contributed by atoms with Crippen LogP contribution in [0.4, 0.5) is 0 Å². The number of allylic oxidation sites excluding steroid dienone is 5. The molecule has 3 unspecified atom stereocenters. The van der Waals surface area contributed by atoms with Gasteiger partial charge >= 0.3 is 7.82 Å². The molecular formula is C66H130N2O6P+. The molecule has 444 valence electrons. The molecule has 0 fully saturated rings. The van der Waals surface area contributed by atoms with Gasteiger partial charge in [-0.3, -0.25) is 13.8 Å². The lowest BCUT2D eigenvalue weighted by atomic mass is 10.0. The molecule has 0 heterocycles. The van der Waals surface area contributed by atoms with Gasteiger partial charge in [0.25, 0.3) is 0 Å². The van der Waals surface area contributed by atoms with Gasteiger partial charge in [0.05, 0.1) is 39.9 Å². The summed E-state index contributed by atoms with van der Waals surface area (Å²) in [5.41, 5.74) is 0. The Balaban J connectivity index is 4.14. The van der Waals surface area contributed by atoms with Crippen LogP contribution in [-0.4, -0.2) is 73.4 Å². The number of hydrogen-bond acceptors (Lipinski definition) is 5. The van der Waals surface area contributed by atoms with E-state index in [0.29, 0.717) is 17.4 Å². The highest BCUT2D eigenvalue weighted by molar-refractivity contribution is 7.47. The van der Waals surface area contributed by atoms with Crippen LogP contribution in [0.3, 0.4) is 0 Å². The van der Waals surface area contributed by atoms with E-state index in [1.165, 1.54) is 270 Å². The molecule has 1 amide bonds. The molecule has 0 aliphatic rings. The lowest BCUT2D eigenvalue weighted by Crippen LogP contribution is -2.45. The topological polar surface area (TPSA) is 105 Å². The average Bonchev–Trinajstić information content (AvgIpc) is 3.37.